The van der Waals surface area contributed by atoms with Crippen LogP contribution in [0.15, 0.2) is 47.5 Å². The lowest BCUT2D eigenvalue weighted by Gasteiger charge is -2.11. The number of amides is 1. The van der Waals surface area contributed by atoms with Gasteiger partial charge in [0.05, 0.1) is 30.4 Å². The van der Waals surface area contributed by atoms with E-state index in [0.29, 0.717) is 59.3 Å². The maximum absolute atomic E-state index is 12.7. The quantitative estimate of drug-likeness (QED) is 0.734. The van der Waals surface area contributed by atoms with Crippen molar-refractivity contribution < 1.29 is 14.3 Å². The lowest BCUT2D eigenvalue weighted by atomic mass is 10.1. The molecule has 2 heterocycles. The molecule has 3 aromatic rings. The lowest BCUT2D eigenvalue weighted by molar-refractivity contribution is 0.102. The molecule has 0 atom stereocenters. The Morgan fingerprint density at radius 3 is 2.72 bits per heavy atom. The predicted octanol–water partition coefficient (Wildman–Crippen LogP) is 3.47. The van der Waals surface area contributed by atoms with Crippen molar-refractivity contribution in [3.05, 3.63) is 58.6 Å². The van der Waals surface area contributed by atoms with Crippen molar-refractivity contribution in [3.63, 3.8) is 0 Å². The van der Waals surface area contributed by atoms with E-state index in [0.717, 1.165) is 6.42 Å². The molecule has 0 fully saturated rings. The van der Waals surface area contributed by atoms with Gasteiger partial charge >= 0.3 is 0 Å². The Morgan fingerprint density at radius 1 is 1.14 bits per heavy atom. The van der Waals surface area contributed by atoms with Crippen LogP contribution in [0.1, 0.15) is 30.6 Å². The molecule has 0 spiro atoms. The minimum atomic E-state index is -0.286. The summed E-state index contributed by atoms with van der Waals surface area (Å²) in [6.07, 6.45) is 2.37. The van der Waals surface area contributed by atoms with E-state index in [-0.39, 0.29) is 11.5 Å². The number of aromatic nitrogens is 2. The molecule has 1 aromatic heterocycles. The van der Waals surface area contributed by atoms with Gasteiger partial charge in [-0.25, -0.2) is 4.98 Å². The summed E-state index contributed by atoms with van der Waals surface area (Å²) in [5.74, 6) is 1.25. The van der Waals surface area contributed by atoms with E-state index in [1.165, 1.54) is 0 Å². The first kappa shape index (κ1) is 19.0. The van der Waals surface area contributed by atoms with Crippen LogP contribution < -0.4 is 20.3 Å². The summed E-state index contributed by atoms with van der Waals surface area (Å²) in [6.45, 7) is 5.83. The predicted molar refractivity (Wildman–Crippen MR) is 111 cm³/mol. The van der Waals surface area contributed by atoms with E-state index in [2.05, 4.69) is 10.3 Å². The average Bonchev–Trinajstić information content (AvgIpc) is 2.95. The Balaban J connectivity index is 1.60. The van der Waals surface area contributed by atoms with Gasteiger partial charge in [-0.05, 0) is 42.3 Å². The number of fused-ring (bicyclic) bond motifs is 2. The Hall–Kier alpha value is -3.35. The molecule has 0 saturated heterocycles. The van der Waals surface area contributed by atoms with Crippen LogP contribution in [0.2, 0.25) is 0 Å². The van der Waals surface area contributed by atoms with E-state index in [1.807, 2.05) is 13.8 Å². The molecule has 29 heavy (non-hydrogen) atoms. The van der Waals surface area contributed by atoms with Gasteiger partial charge in [-0.3, -0.25) is 14.2 Å². The number of rotatable bonds is 4. The molecule has 0 radical (unpaired) electrons. The fraction of sp³-hybridized carbons (Fsp3) is 0.318. The Bertz CT molecular complexity index is 1120. The average molecular weight is 393 g/mol. The van der Waals surface area contributed by atoms with Crippen molar-refractivity contribution in [1.82, 2.24) is 9.55 Å². The van der Waals surface area contributed by atoms with Crippen LogP contribution in [0.25, 0.3) is 10.9 Å². The molecule has 2 aromatic carbocycles. The molecule has 1 aliphatic heterocycles. The highest BCUT2D eigenvalue weighted by Crippen LogP contribution is 2.30. The highest BCUT2D eigenvalue weighted by molar-refractivity contribution is 6.05. The van der Waals surface area contributed by atoms with Crippen molar-refractivity contribution in [2.24, 2.45) is 5.92 Å². The van der Waals surface area contributed by atoms with Crippen molar-refractivity contribution in [3.8, 4) is 11.5 Å². The van der Waals surface area contributed by atoms with E-state index >= 15 is 0 Å². The number of anilines is 1. The second-order valence-electron chi connectivity index (χ2n) is 7.49. The second-order valence-corrected chi connectivity index (χ2v) is 7.49. The van der Waals surface area contributed by atoms with Gasteiger partial charge in [-0.15, -0.1) is 0 Å². The third-order valence-corrected chi connectivity index (χ3v) is 4.65. The van der Waals surface area contributed by atoms with Gasteiger partial charge in [0.25, 0.3) is 11.5 Å². The molecule has 150 valence electrons. The summed E-state index contributed by atoms with van der Waals surface area (Å²) in [7, 11) is 0. The van der Waals surface area contributed by atoms with Crippen LogP contribution in [0.3, 0.4) is 0 Å². The zero-order chi connectivity index (χ0) is 20.4. The first-order valence-corrected chi connectivity index (χ1v) is 9.71. The first-order chi connectivity index (χ1) is 14.0. The van der Waals surface area contributed by atoms with Crippen LogP contribution in [-0.4, -0.2) is 28.7 Å². The third-order valence-electron chi connectivity index (χ3n) is 4.65. The van der Waals surface area contributed by atoms with Crippen molar-refractivity contribution in [2.75, 3.05) is 18.5 Å². The van der Waals surface area contributed by atoms with Crippen LogP contribution in [-0.2, 0) is 6.54 Å². The summed E-state index contributed by atoms with van der Waals surface area (Å²) in [5.41, 5.74) is 1.48. The molecule has 1 N–H and O–H groups in total. The standard InChI is InChI=1S/C22H23N3O4/c1-14(2)12-25-13-23-18-6-5-16(11-17(18)22(25)27)24-21(26)15-4-7-19-20(10-15)29-9-3-8-28-19/h4-7,10-11,13-14H,3,8-9,12H2,1-2H3,(H,24,26). The van der Waals surface area contributed by atoms with Crippen LogP contribution in [0, 0.1) is 5.92 Å². The molecule has 7 nitrogen and oxygen atoms in total. The molecule has 1 amide bonds. The molecule has 0 aliphatic carbocycles. The normalized spacial score (nSPS) is 13.3. The number of carbonyl (C=O) groups excluding carboxylic acids is 1. The van der Waals surface area contributed by atoms with Crippen molar-refractivity contribution in [2.45, 2.75) is 26.8 Å². The molecule has 0 saturated carbocycles. The number of benzene rings is 2. The number of nitrogens with one attached hydrogen (secondary N) is 1. The van der Waals surface area contributed by atoms with E-state index in [1.54, 1.807) is 47.3 Å². The Morgan fingerprint density at radius 2 is 1.93 bits per heavy atom. The van der Waals surface area contributed by atoms with Crippen molar-refractivity contribution in [1.29, 1.82) is 0 Å². The van der Waals surface area contributed by atoms with Gasteiger partial charge in [0.15, 0.2) is 11.5 Å². The highest BCUT2D eigenvalue weighted by atomic mass is 16.5. The number of hydrogen-bond acceptors (Lipinski definition) is 5. The molecule has 4 rings (SSSR count). The maximum atomic E-state index is 12.7. The van der Waals surface area contributed by atoms with Gasteiger partial charge in [-0.2, -0.15) is 0 Å². The number of nitrogens with zero attached hydrogens (tertiary/aromatic N) is 2. The van der Waals surface area contributed by atoms with Crippen LogP contribution in [0.4, 0.5) is 5.69 Å². The zero-order valence-corrected chi connectivity index (χ0v) is 16.5. The van der Waals surface area contributed by atoms with Crippen molar-refractivity contribution >= 4 is 22.5 Å². The van der Waals surface area contributed by atoms with Gasteiger partial charge in [0.1, 0.15) is 0 Å². The van der Waals surface area contributed by atoms with E-state index in [4.69, 9.17) is 9.47 Å². The fourth-order valence-corrected chi connectivity index (χ4v) is 3.27. The van der Waals surface area contributed by atoms with Gasteiger partial charge < -0.3 is 14.8 Å². The van der Waals surface area contributed by atoms with Crippen LogP contribution in [0.5, 0.6) is 11.5 Å². The first-order valence-electron chi connectivity index (χ1n) is 9.71. The third kappa shape index (κ3) is 4.08. The smallest absolute Gasteiger partial charge is 0.261 e. The van der Waals surface area contributed by atoms with Gasteiger partial charge in [-0.1, -0.05) is 13.8 Å². The molecule has 1 aliphatic rings. The van der Waals surface area contributed by atoms with E-state index < -0.39 is 0 Å². The largest absolute Gasteiger partial charge is 0.490 e. The summed E-state index contributed by atoms with van der Waals surface area (Å²) in [5, 5.41) is 3.33. The number of ether oxygens (including phenoxy) is 2. The van der Waals surface area contributed by atoms with Gasteiger partial charge in [0, 0.05) is 24.2 Å². The summed E-state index contributed by atoms with van der Waals surface area (Å²) in [6, 6.07) is 10.3. The molecular formula is C22H23N3O4. The van der Waals surface area contributed by atoms with E-state index in [9.17, 15) is 9.59 Å². The Labute approximate surface area is 168 Å². The number of carbonyl (C=O) groups is 1. The zero-order valence-electron chi connectivity index (χ0n) is 16.5. The SMILES string of the molecule is CC(C)Cn1cnc2ccc(NC(=O)c3ccc4c(c3)OCCCO4)cc2c1=O. The minimum Gasteiger partial charge on any atom is -0.490 e. The summed E-state index contributed by atoms with van der Waals surface area (Å²) >= 11 is 0. The minimum absolute atomic E-state index is 0.115. The summed E-state index contributed by atoms with van der Waals surface area (Å²) in [4.78, 5) is 29.8. The van der Waals surface area contributed by atoms with Crippen LogP contribution >= 0.6 is 0 Å². The monoisotopic (exact) mass is 393 g/mol. The Kier molecular flexibility index (Phi) is 5.20. The lowest BCUT2D eigenvalue weighted by Crippen LogP contribution is -2.23. The molecular weight excluding hydrogens is 370 g/mol. The highest BCUT2D eigenvalue weighted by Gasteiger charge is 2.15. The molecule has 0 unspecified atom stereocenters. The topological polar surface area (TPSA) is 82.5 Å². The second kappa shape index (κ2) is 7.95. The van der Waals surface area contributed by atoms with Gasteiger partial charge in [0.2, 0.25) is 0 Å². The maximum Gasteiger partial charge on any atom is 0.261 e. The summed E-state index contributed by atoms with van der Waals surface area (Å²) < 4.78 is 12.9. The molecule has 0 bridgehead atoms. The number of hydrogen-bond donors (Lipinski definition) is 1. The molecule has 7 heteroatoms. The fourth-order valence-electron chi connectivity index (χ4n) is 3.27.